The molecule has 1 aromatic rings. The van der Waals surface area contributed by atoms with E-state index in [1.807, 2.05) is 11.8 Å². The predicted molar refractivity (Wildman–Crippen MR) is 95.4 cm³/mol. The molecule has 2 amide bonds. The minimum Gasteiger partial charge on any atom is -0.340 e. The number of benzene rings is 1. The monoisotopic (exact) mass is 369 g/mol. The van der Waals surface area contributed by atoms with Crippen LogP contribution in [0.25, 0.3) is 0 Å². The standard InChI is InChI=1S/C17H21Cl2N3O2/c1-11(16(23)20-15-10-13(18)4-5-14(15)19)21-6-8-22(9-7-21)17(24)12-2-3-12/h4-5,10-12H,2-3,6-9H2,1H3,(H,20,23)/t11-/m1/s1. The van der Waals surface area contributed by atoms with Crippen LogP contribution in [0.4, 0.5) is 5.69 Å². The Hall–Kier alpha value is -1.30. The van der Waals surface area contributed by atoms with Crippen LogP contribution in [0.3, 0.4) is 0 Å². The van der Waals surface area contributed by atoms with Gasteiger partial charge in [-0.05, 0) is 38.0 Å². The van der Waals surface area contributed by atoms with Gasteiger partial charge in [0.05, 0.1) is 16.8 Å². The summed E-state index contributed by atoms with van der Waals surface area (Å²) in [6, 6.07) is 4.69. The van der Waals surface area contributed by atoms with E-state index in [9.17, 15) is 9.59 Å². The molecule has 24 heavy (non-hydrogen) atoms. The van der Waals surface area contributed by atoms with Gasteiger partial charge in [-0.25, -0.2) is 0 Å². The first kappa shape index (κ1) is 17.5. The SMILES string of the molecule is C[C@H](C(=O)Nc1cc(Cl)ccc1Cl)N1CCN(C(=O)C2CC2)CC1. The normalized spacial score (nSPS) is 19.9. The largest absolute Gasteiger partial charge is 0.340 e. The molecule has 1 aliphatic carbocycles. The van der Waals surface area contributed by atoms with Crippen molar-refractivity contribution in [2.75, 3.05) is 31.5 Å². The number of halogens is 2. The summed E-state index contributed by atoms with van der Waals surface area (Å²) in [5, 5.41) is 3.81. The highest BCUT2D eigenvalue weighted by Crippen LogP contribution is 2.31. The molecular weight excluding hydrogens is 349 g/mol. The molecule has 1 saturated carbocycles. The molecule has 1 saturated heterocycles. The van der Waals surface area contributed by atoms with Crippen molar-refractivity contribution in [2.45, 2.75) is 25.8 Å². The van der Waals surface area contributed by atoms with Gasteiger partial charge in [-0.2, -0.15) is 0 Å². The number of nitrogens with zero attached hydrogens (tertiary/aromatic N) is 2. The number of hydrogen-bond acceptors (Lipinski definition) is 3. The van der Waals surface area contributed by atoms with Gasteiger partial charge >= 0.3 is 0 Å². The van der Waals surface area contributed by atoms with Crippen molar-refractivity contribution in [3.63, 3.8) is 0 Å². The van der Waals surface area contributed by atoms with Crippen molar-refractivity contribution in [2.24, 2.45) is 5.92 Å². The fourth-order valence-corrected chi connectivity index (χ4v) is 3.25. The maximum Gasteiger partial charge on any atom is 0.241 e. The van der Waals surface area contributed by atoms with E-state index in [0.717, 1.165) is 12.8 Å². The summed E-state index contributed by atoms with van der Waals surface area (Å²) in [4.78, 5) is 28.6. The lowest BCUT2D eigenvalue weighted by Gasteiger charge is -2.37. The van der Waals surface area contributed by atoms with E-state index in [2.05, 4.69) is 10.2 Å². The highest BCUT2D eigenvalue weighted by Gasteiger charge is 2.35. The van der Waals surface area contributed by atoms with Crippen molar-refractivity contribution in [1.29, 1.82) is 0 Å². The van der Waals surface area contributed by atoms with Crippen molar-refractivity contribution < 1.29 is 9.59 Å². The molecule has 2 aliphatic rings. The molecule has 1 aromatic carbocycles. The quantitative estimate of drug-likeness (QED) is 0.887. The molecule has 0 spiro atoms. The van der Waals surface area contributed by atoms with Crippen molar-refractivity contribution in [1.82, 2.24) is 9.80 Å². The van der Waals surface area contributed by atoms with Crippen LogP contribution < -0.4 is 5.32 Å². The van der Waals surface area contributed by atoms with Gasteiger partial charge in [-0.3, -0.25) is 14.5 Å². The molecule has 1 heterocycles. The fraction of sp³-hybridized carbons (Fsp3) is 0.529. The average molecular weight is 370 g/mol. The Kier molecular flexibility index (Phi) is 5.33. The van der Waals surface area contributed by atoms with Crippen LogP contribution in [0.1, 0.15) is 19.8 Å². The summed E-state index contributed by atoms with van der Waals surface area (Å²) in [6.45, 7) is 4.65. The second-order valence-electron chi connectivity index (χ2n) is 6.42. The van der Waals surface area contributed by atoms with Gasteiger partial charge in [0.15, 0.2) is 0 Å². The Labute approximate surface area is 151 Å². The smallest absolute Gasteiger partial charge is 0.241 e. The van der Waals surface area contributed by atoms with Gasteiger partial charge in [0.1, 0.15) is 0 Å². The van der Waals surface area contributed by atoms with E-state index in [1.165, 1.54) is 0 Å². The number of amides is 2. The van der Waals surface area contributed by atoms with E-state index in [4.69, 9.17) is 23.2 Å². The highest BCUT2D eigenvalue weighted by molar-refractivity contribution is 6.35. The van der Waals surface area contributed by atoms with E-state index < -0.39 is 0 Å². The summed E-state index contributed by atoms with van der Waals surface area (Å²) < 4.78 is 0. The van der Waals surface area contributed by atoms with Gasteiger partial charge in [-0.1, -0.05) is 23.2 Å². The van der Waals surface area contributed by atoms with Crippen molar-refractivity contribution in [3.8, 4) is 0 Å². The fourth-order valence-electron chi connectivity index (χ4n) is 2.91. The average Bonchev–Trinajstić information content (AvgIpc) is 3.42. The maximum atomic E-state index is 12.5. The second-order valence-corrected chi connectivity index (χ2v) is 7.27. The minimum atomic E-state index is -0.293. The van der Waals surface area contributed by atoms with E-state index in [1.54, 1.807) is 18.2 Å². The van der Waals surface area contributed by atoms with Crippen LogP contribution in [0.5, 0.6) is 0 Å². The first-order valence-corrected chi connectivity index (χ1v) is 9.00. The van der Waals surface area contributed by atoms with Crippen LogP contribution in [-0.2, 0) is 9.59 Å². The molecule has 5 nitrogen and oxygen atoms in total. The molecule has 1 aliphatic heterocycles. The Bertz CT molecular complexity index is 641. The van der Waals surface area contributed by atoms with Gasteiger partial charge in [0.2, 0.25) is 11.8 Å². The lowest BCUT2D eigenvalue weighted by Crippen LogP contribution is -2.54. The van der Waals surface area contributed by atoms with Gasteiger partial charge in [-0.15, -0.1) is 0 Å². The van der Waals surface area contributed by atoms with Crippen LogP contribution >= 0.6 is 23.2 Å². The number of carbonyl (C=O) groups is 2. The molecule has 7 heteroatoms. The third-order valence-corrected chi connectivity index (χ3v) is 5.23. The molecule has 0 radical (unpaired) electrons. The molecule has 0 aromatic heterocycles. The van der Waals surface area contributed by atoms with E-state index in [0.29, 0.717) is 41.9 Å². The maximum absolute atomic E-state index is 12.5. The molecule has 2 fully saturated rings. The van der Waals surface area contributed by atoms with Crippen LogP contribution in [0, 0.1) is 5.92 Å². The number of anilines is 1. The summed E-state index contributed by atoms with van der Waals surface area (Å²) in [6.07, 6.45) is 2.05. The van der Waals surface area contributed by atoms with Gasteiger partial charge in [0, 0.05) is 37.1 Å². The number of rotatable bonds is 4. The zero-order chi connectivity index (χ0) is 17.3. The Balaban J connectivity index is 1.54. The molecular formula is C17H21Cl2N3O2. The highest BCUT2D eigenvalue weighted by atomic mass is 35.5. The first-order valence-electron chi connectivity index (χ1n) is 8.24. The summed E-state index contributed by atoms with van der Waals surface area (Å²) in [5.41, 5.74) is 0.517. The van der Waals surface area contributed by atoms with Gasteiger partial charge in [0.25, 0.3) is 0 Å². The number of hydrogen-bond donors (Lipinski definition) is 1. The first-order chi connectivity index (χ1) is 11.5. The van der Waals surface area contributed by atoms with Crippen molar-refractivity contribution in [3.05, 3.63) is 28.2 Å². The topological polar surface area (TPSA) is 52.7 Å². The summed E-state index contributed by atoms with van der Waals surface area (Å²) in [5.74, 6) is 0.404. The molecule has 1 atom stereocenters. The van der Waals surface area contributed by atoms with Gasteiger partial charge < -0.3 is 10.2 Å². The predicted octanol–water partition coefficient (Wildman–Crippen LogP) is 2.87. The zero-order valence-corrected chi connectivity index (χ0v) is 15.1. The Morgan fingerprint density at radius 2 is 1.83 bits per heavy atom. The zero-order valence-electron chi connectivity index (χ0n) is 13.6. The van der Waals surface area contributed by atoms with Crippen molar-refractivity contribution >= 4 is 40.7 Å². The lowest BCUT2D eigenvalue weighted by molar-refractivity contribution is -0.135. The number of piperazine rings is 1. The Morgan fingerprint density at radius 1 is 1.17 bits per heavy atom. The summed E-state index contributed by atoms with van der Waals surface area (Å²) >= 11 is 12.0. The third kappa shape index (κ3) is 4.02. The number of carbonyl (C=O) groups excluding carboxylic acids is 2. The molecule has 0 bridgehead atoms. The molecule has 3 rings (SSSR count). The minimum absolute atomic E-state index is 0.124. The lowest BCUT2D eigenvalue weighted by atomic mass is 10.2. The van der Waals surface area contributed by atoms with Crippen LogP contribution in [0.15, 0.2) is 18.2 Å². The van der Waals surface area contributed by atoms with E-state index >= 15 is 0 Å². The number of nitrogens with one attached hydrogen (secondary N) is 1. The Morgan fingerprint density at radius 3 is 2.46 bits per heavy atom. The molecule has 130 valence electrons. The molecule has 1 N–H and O–H groups in total. The third-order valence-electron chi connectivity index (χ3n) is 4.67. The van der Waals surface area contributed by atoms with Crippen LogP contribution in [0.2, 0.25) is 10.0 Å². The summed E-state index contributed by atoms with van der Waals surface area (Å²) in [7, 11) is 0. The second kappa shape index (κ2) is 7.30. The van der Waals surface area contributed by atoms with E-state index in [-0.39, 0.29) is 23.8 Å². The van der Waals surface area contributed by atoms with Crippen LogP contribution in [-0.4, -0.2) is 53.8 Å². The molecule has 0 unspecified atom stereocenters.